The zero-order valence-electron chi connectivity index (χ0n) is 10.6. The van der Waals surface area contributed by atoms with Gasteiger partial charge in [0.25, 0.3) is 0 Å². The Hall–Kier alpha value is -0.730. The molecule has 1 amide bonds. The molecule has 1 N–H and O–H groups in total. The summed E-state index contributed by atoms with van der Waals surface area (Å²) in [5.41, 5.74) is 0.426. The number of ether oxygens (including phenoxy) is 1. The molecule has 2 rings (SSSR count). The van der Waals surface area contributed by atoms with E-state index in [2.05, 4.69) is 26.1 Å². The molecule has 1 aliphatic carbocycles. The van der Waals surface area contributed by atoms with Crippen molar-refractivity contribution >= 4 is 6.09 Å². The second-order valence-corrected chi connectivity index (χ2v) is 6.30. The highest BCUT2D eigenvalue weighted by Crippen LogP contribution is 2.41. The molecule has 1 saturated heterocycles. The Kier molecular flexibility index (Phi) is 3.13. The van der Waals surface area contributed by atoms with E-state index in [1.165, 1.54) is 25.7 Å². The van der Waals surface area contributed by atoms with Crippen LogP contribution in [0.4, 0.5) is 4.79 Å². The van der Waals surface area contributed by atoms with Crippen LogP contribution in [-0.2, 0) is 4.74 Å². The van der Waals surface area contributed by atoms with Crippen molar-refractivity contribution in [3.63, 3.8) is 0 Å². The topological polar surface area (TPSA) is 38.3 Å². The van der Waals surface area contributed by atoms with Gasteiger partial charge in [0.2, 0.25) is 0 Å². The Labute approximate surface area is 97.9 Å². The maximum absolute atomic E-state index is 11.0. The van der Waals surface area contributed by atoms with E-state index in [0.29, 0.717) is 17.9 Å². The first kappa shape index (κ1) is 11.7. The second-order valence-electron chi connectivity index (χ2n) is 6.30. The molecule has 0 aromatic heterocycles. The molecule has 1 heterocycles. The molecular weight excluding hydrogens is 202 g/mol. The number of carbonyl (C=O) groups excluding carboxylic acids is 1. The predicted molar refractivity (Wildman–Crippen MR) is 63.2 cm³/mol. The van der Waals surface area contributed by atoms with Gasteiger partial charge in [-0.2, -0.15) is 0 Å². The van der Waals surface area contributed by atoms with E-state index >= 15 is 0 Å². The number of nitrogens with one attached hydrogen (secondary N) is 1. The van der Waals surface area contributed by atoms with Crippen LogP contribution in [0.1, 0.15) is 46.5 Å². The van der Waals surface area contributed by atoms with Crippen LogP contribution in [0.5, 0.6) is 0 Å². The first-order valence-electron chi connectivity index (χ1n) is 6.41. The molecular formula is C13H23NO2. The van der Waals surface area contributed by atoms with Crippen LogP contribution in [0.2, 0.25) is 0 Å². The third-order valence-electron chi connectivity index (χ3n) is 4.23. The van der Waals surface area contributed by atoms with Crippen LogP contribution in [0.25, 0.3) is 0 Å². The lowest BCUT2D eigenvalue weighted by molar-refractivity contribution is 0.0619. The van der Waals surface area contributed by atoms with Crippen LogP contribution in [-0.4, -0.2) is 18.7 Å². The summed E-state index contributed by atoms with van der Waals surface area (Å²) in [6.07, 6.45) is 4.88. The van der Waals surface area contributed by atoms with Crippen molar-refractivity contribution in [2.45, 2.75) is 52.6 Å². The molecule has 0 aromatic rings. The molecule has 0 bridgehead atoms. The fraction of sp³-hybridized carbons (Fsp3) is 0.923. The molecule has 1 unspecified atom stereocenters. The minimum atomic E-state index is -0.233. The first-order chi connectivity index (χ1) is 7.47. The summed E-state index contributed by atoms with van der Waals surface area (Å²) in [4.78, 5) is 11.0. The highest BCUT2D eigenvalue weighted by molar-refractivity contribution is 5.69. The van der Waals surface area contributed by atoms with Gasteiger partial charge in [-0.25, -0.2) is 4.79 Å². The number of hydrogen-bond donors (Lipinski definition) is 1. The van der Waals surface area contributed by atoms with Crippen LogP contribution < -0.4 is 5.32 Å². The van der Waals surface area contributed by atoms with E-state index in [9.17, 15) is 4.79 Å². The van der Waals surface area contributed by atoms with Gasteiger partial charge in [-0.3, -0.25) is 0 Å². The lowest BCUT2D eigenvalue weighted by Gasteiger charge is -2.38. The van der Waals surface area contributed by atoms with Gasteiger partial charge in [0, 0.05) is 0 Å². The maximum Gasteiger partial charge on any atom is 0.407 e. The lowest BCUT2D eigenvalue weighted by Crippen LogP contribution is -2.32. The smallest absolute Gasteiger partial charge is 0.407 e. The Balaban J connectivity index is 1.83. The Morgan fingerprint density at radius 3 is 2.25 bits per heavy atom. The number of carbonyl (C=O) groups is 1. The van der Waals surface area contributed by atoms with Crippen molar-refractivity contribution in [3.8, 4) is 0 Å². The summed E-state index contributed by atoms with van der Waals surface area (Å²) in [7, 11) is 0. The molecule has 0 aromatic carbocycles. The van der Waals surface area contributed by atoms with Gasteiger partial charge in [0.1, 0.15) is 6.10 Å². The molecule has 16 heavy (non-hydrogen) atoms. The van der Waals surface area contributed by atoms with Crippen LogP contribution >= 0.6 is 0 Å². The molecule has 2 fully saturated rings. The largest absolute Gasteiger partial charge is 0.444 e. The standard InChI is InChI=1S/C13H23NO2/c1-13(2,3)10-6-4-9(5-7-10)11-8-14-12(15)16-11/h9-11H,4-8H2,1-3H3,(H,14,15). The zero-order valence-corrected chi connectivity index (χ0v) is 10.6. The number of amides is 1. The minimum Gasteiger partial charge on any atom is -0.444 e. The monoisotopic (exact) mass is 225 g/mol. The second kappa shape index (κ2) is 4.27. The summed E-state index contributed by atoms with van der Waals surface area (Å²) < 4.78 is 5.27. The Morgan fingerprint density at radius 1 is 1.19 bits per heavy atom. The third kappa shape index (κ3) is 2.50. The average Bonchev–Trinajstić information content (AvgIpc) is 2.64. The Morgan fingerprint density at radius 2 is 1.81 bits per heavy atom. The SMILES string of the molecule is CC(C)(C)C1CCC(C2CNC(=O)O2)CC1. The van der Waals surface area contributed by atoms with Crippen LogP contribution in [0.15, 0.2) is 0 Å². The first-order valence-corrected chi connectivity index (χ1v) is 6.41. The van der Waals surface area contributed by atoms with Crippen molar-refractivity contribution in [1.82, 2.24) is 5.32 Å². The fourth-order valence-electron chi connectivity index (χ4n) is 3.02. The Bertz CT molecular complexity index is 262. The number of cyclic esters (lactones) is 1. The van der Waals surface area contributed by atoms with Gasteiger partial charge < -0.3 is 10.1 Å². The molecule has 1 atom stereocenters. The van der Waals surface area contributed by atoms with Gasteiger partial charge in [-0.1, -0.05) is 20.8 Å². The number of rotatable bonds is 1. The van der Waals surface area contributed by atoms with Gasteiger partial charge in [-0.15, -0.1) is 0 Å². The number of alkyl carbamates (subject to hydrolysis) is 1. The van der Waals surface area contributed by atoms with E-state index in [1.54, 1.807) is 0 Å². The van der Waals surface area contributed by atoms with E-state index in [0.717, 1.165) is 5.92 Å². The third-order valence-corrected chi connectivity index (χ3v) is 4.23. The van der Waals surface area contributed by atoms with Gasteiger partial charge in [-0.05, 0) is 42.9 Å². The van der Waals surface area contributed by atoms with E-state index < -0.39 is 0 Å². The maximum atomic E-state index is 11.0. The average molecular weight is 225 g/mol. The van der Waals surface area contributed by atoms with Gasteiger partial charge in [0.05, 0.1) is 6.54 Å². The predicted octanol–water partition coefficient (Wildman–Crippen LogP) is 2.95. The number of hydrogen-bond acceptors (Lipinski definition) is 2. The van der Waals surface area contributed by atoms with Crippen molar-refractivity contribution in [2.24, 2.45) is 17.3 Å². The molecule has 2 aliphatic rings. The van der Waals surface area contributed by atoms with Gasteiger partial charge >= 0.3 is 6.09 Å². The summed E-state index contributed by atoms with van der Waals surface area (Å²) in [5, 5.41) is 2.75. The van der Waals surface area contributed by atoms with E-state index in [1.807, 2.05) is 0 Å². The summed E-state index contributed by atoms with van der Waals surface area (Å²) in [6, 6.07) is 0. The summed E-state index contributed by atoms with van der Waals surface area (Å²) in [6.45, 7) is 7.70. The molecule has 0 radical (unpaired) electrons. The van der Waals surface area contributed by atoms with E-state index in [4.69, 9.17) is 4.74 Å². The van der Waals surface area contributed by atoms with E-state index in [-0.39, 0.29) is 12.2 Å². The normalized spacial score (nSPS) is 35.7. The lowest BCUT2D eigenvalue weighted by atomic mass is 9.69. The fourth-order valence-corrected chi connectivity index (χ4v) is 3.02. The highest BCUT2D eigenvalue weighted by Gasteiger charge is 2.36. The van der Waals surface area contributed by atoms with Crippen molar-refractivity contribution in [2.75, 3.05) is 6.54 Å². The van der Waals surface area contributed by atoms with Crippen LogP contribution in [0, 0.1) is 17.3 Å². The molecule has 1 saturated carbocycles. The quantitative estimate of drug-likeness (QED) is 0.745. The molecule has 3 nitrogen and oxygen atoms in total. The summed E-state index contributed by atoms with van der Waals surface area (Å²) >= 11 is 0. The van der Waals surface area contributed by atoms with Crippen molar-refractivity contribution in [1.29, 1.82) is 0 Å². The summed E-state index contributed by atoms with van der Waals surface area (Å²) in [5.74, 6) is 1.41. The molecule has 0 spiro atoms. The highest BCUT2D eigenvalue weighted by atomic mass is 16.6. The minimum absolute atomic E-state index is 0.133. The van der Waals surface area contributed by atoms with Crippen molar-refractivity contribution < 1.29 is 9.53 Å². The molecule has 92 valence electrons. The van der Waals surface area contributed by atoms with Crippen molar-refractivity contribution in [3.05, 3.63) is 0 Å². The zero-order chi connectivity index (χ0) is 11.8. The molecule has 3 heteroatoms. The van der Waals surface area contributed by atoms with Crippen LogP contribution in [0.3, 0.4) is 0 Å². The molecule has 1 aliphatic heterocycles. The van der Waals surface area contributed by atoms with Gasteiger partial charge in [0.15, 0.2) is 0 Å².